The standard InChI is InChI=1S/C14H21N3O/c1-16-8-5-9-17(11-10-16)14(18)13(15)12-6-3-2-4-7-12/h2-4,6-7,13H,5,8-11,15H2,1H3/t13-/m1/s1. The van der Waals surface area contributed by atoms with Gasteiger partial charge in [0.2, 0.25) is 5.91 Å². The van der Waals surface area contributed by atoms with Crippen molar-refractivity contribution in [3.8, 4) is 0 Å². The van der Waals surface area contributed by atoms with Crippen LogP contribution in [-0.2, 0) is 4.79 Å². The first kappa shape index (κ1) is 13.1. The van der Waals surface area contributed by atoms with Crippen molar-refractivity contribution >= 4 is 5.91 Å². The van der Waals surface area contributed by atoms with Crippen LogP contribution < -0.4 is 5.73 Å². The lowest BCUT2D eigenvalue weighted by Crippen LogP contribution is -2.40. The van der Waals surface area contributed by atoms with Gasteiger partial charge in [0.25, 0.3) is 0 Å². The minimum Gasteiger partial charge on any atom is -0.340 e. The van der Waals surface area contributed by atoms with Crippen LogP contribution in [0.4, 0.5) is 0 Å². The molecule has 0 radical (unpaired) electrons. The summed E-state index contributed by atoms with van der Waals surface area (Å²) in [5.41, 5.74) is 6.94. The van der Waals surface area contributed by atoms with Gasteiger partial charge in [0.15, 0.2) is 0 Å². The van der Waals surface area contributed by atoms with Gasteiger partial charge in [0, 0.05) is 19.6 Å². The maximum absolute atomic E-state index is 12.3. The monoisotopic (exact) mass is 247 g/mol. The van der Waals surface area contributed by atoms with Crippen LogP contribution in [0.1, 0.15) is 18.0 Å². The van der Waals surface area contributed by atoms with E-state index in [1.165, 1.54) is 0 Å². The van der Waals surface area contributed by atoms with Crippen LogP contribution in [0.2, 0.25) is 0 Å². The number of carbonyl (C=O) groups excluding carboxylic acids is 1. The first-order chi connectivity index (χ1) is 8.68. The zero-order valence-electron chi connectivity index (χ0n) is 10.9. The highest BCUT2D eigenvalue weighted by Crippen LogP contribution is 2.14. The summed E-state index contributed by atoms with van der Waals surface area (Å²) in [5.74, 6) is 0.0384. The fraction of sp³-hybridized carbons (Fsp3) is 0.500. The van der Waals surface area contributed by atoms with Crippen LogP contribution in [0.15, 0.2) is 30.3 Å². The van der Waals surface area contributed by atoms with Gasteiger partial charge in [-0.25, -0.2) is 0 Å². The van der Waals surface area contributed by atoms with Crippen molar-refractivity contribution in [2.75, 3.05) is 33.2 Å². The molecule has 2 rings (SSSR count). The molecule has 18 heavy (non-hydrogen) atoms. The number of nitrogens with two attached hydrogens (primary N) is 1. The Morgan fingerprint density at radius 1 is 1.17 bits per heavy atom. The number of hydrogen-bond donors (Lipinski definition) is 1. The molecule has 1 aliphatic heterocycles. The summed E-state index contributed by atoms with van der Waals surface area (Å²) in [5, 5.41) is 0. The Hall–Kier alpha value is -1.39. The molecule has 1 atom stereocenters. The largest absolute Gasteiger partial charge is 0.340 e. The Morgan fingerprint density at radius 2 is 1.89 bits per heavy atom. The molecule has 0 bridgehead atoms. The topological polar surface area (TPSA) is 49.6 Å². The summed E-state index contributed by atoms with van der Waals surface area (Å²) >= 11 is 0. The van der Waals surface area contributed by atoms with E-state index in [0.717, 1.165) is 38.2 Å². The third-order valence-electron chi connectivity index (χ3n) is 3.46. The number of likely N-dealkylation sites (N-methyl/N-ethyl adjacent to an activating group) is 1. The molecular formula is C14H21N3O. The lowest BCUT2D eigenvalue weighted by molar-refractivity contribution is -0.132. The maximum atomic E-state index is 12.3. The highest BCUT2D eigenvalue weighted by atomic mass is 16.2. The van der Waals surface area contributed by atoms with Crippen LogP contribution in [0, 0.1) is 0 Å². The highest BCUT2D eigenvalue weighted by Gasteiger charge is 2.23. The van der Waals surface area contributed by atoms with Gasteiger partial charge in [-0.2, -0.15) is 0 Å². The van der Waals surface area contributed by atoms with Crippen molar-refractivity contribution in [1.29, 1.82) is 0 Å². The summed E-state index contributed by atoms with van der Waals surface area (Å²) < 4.78 is 0. The summed E-state index contributed by atoms with van der Waals surface area (Å²) in [6.07, 6.45) is 1.02. The van der Waals surface area contributed by atoms with Crippen LogP contribution in [0.5, 0.6) is 0 Å². The second-order valence-corrected chi connectivity index (χ2v) is 4.87. The molecule has 1 aromatic rings. The second-order valence-electron chi connectivity index (χ2n) is 4.87. The third-order valence-corrected chi connectivity index (χ3v) is 3.46. The fourth-order valence-corrected chi connectivity index (χ4v) is 2.27. The molecule has 1 amide bonds. The lowest BCUT2D eigenvalue weighted by atomic mass is 10.1. The van der Waals surface area contributed by atoms with E-state index in [1.54, 1.807) is 0 Å². The van der Waals surface area contributed by atoms with Crippen molar-refractivity contribution in [2.45, 2.75) is 12.5 Å². The predicted octanol–water partition coefficient (Wildman–Crippen LogP) is 0.850. The molecule has 4 nitrogen and oxygen atoms in total. The van der Waals surface area contributed by atoms with Gasteiger partial charge in [0.1, 0.15) is 6.04 Å². The molecule has 1 heterocycles. The molecule has 0 aromatic heterocycles. The van der Waals surface area contributed by atoms with E-state index in [0.29, 0.717) is 0 Å². The molecule has 0 aliphatic carbocycles. The van der Waals surface area contributed by atoms with Gasteiger partial charge in [-0.05, 0) is 25.6 Å². The van der Waals surface area contributed by atoms with Crippen LogP contribution in [0.25, 0.3) is 0 Å². The van der Waals surface area contributed by atoms with E-state index in [2.05, 4.69) is 11.9 Å². The van der Waals surface area contributed by atoms with Crippen LogP contribution >= 0.6 is 0 Å². The molecule has 0 unspecified atom stereocenters. The Labute approximate surface area is 108 Å². The predicted molar refractivity (Wildman–Crippen MR) is 72.1 cm³/mol. The number of amides is 1. The number of hydrogen-bond acceptors (Lipinski definition) is 3. The minimum atomic E-state index is -0.533. The Kier molecular flexibility index (Phi) is 4.33. The van der Waals surface area contributed by atoms with Gasteiger partial charge in [-0.3, -0.25) is 4.79 Å². The molecular weight excluding hydrogens is 226 g/mol. The zero-order chi connectivity index (χ0) is 13.0. The van der Waals surface area contributed by atoms with E-state index in [9.17, 15) is 4.79 Å². The van der Waals surface area contributed by atoms with Crippen molar-refractivity contribution in [3.05, 3.63) is 35.9 Å². The average Bonchev–Trinajstić information content (AvgIpc) is 2.63. The molecule has 2 N–H and O–H groups in total. The molecule has 1 aliphatic rings. The molecule has 0 spiro atoms. The van der Waals surface area contributed by atoms with Crippen molar-refractivity contribution in [2.24, 2.45) is 5.73 Å². The summed E-state index contributed by atoms with van der Waals surface area (Å²) in [6, 6.07) is 9.05. The molecule has 0 saturated carbocycles. The van der Waals surface area contributed by atoms with E-state index in [1.807, 2.05) is 35.2 Å². The molecule has 4 heteroatoms. The van der Waals surface area contributed by atoms with Crippen LogP contribution in [0.3, 0.4) is 0 Å². The SMILES string of the molecule is CN1CCCN(C(=O)[C@H](N)c2ccccc2)CC1. The van der Waals surface area contributed by atoms with E-state index < -0.39 is 6.04 Å². The number of nitrogens with zero attached hydrogens (tertiary/aromatic N) is 2. The van der Waals surface area contributed by atoms with Crippen molar-refractivity contribution in [1.82, 2.24) is 9.80 Å². The zero-order valence-corrected chi connectivity index (χ0v) is 10.9. The van der Waals surface area contributed by atoms with Gasteiger partial charge < -0.3 is 15.5 Å². The molecule has 1 fully saturated rings. The van der Waals surface area contributed by atoms with E-state index >= 15 is 0 Å². The average molecular weight is 247 g/mol. The minimum absolute atomic E-state index is 0.0384. The Bertz CT molecular complexity index is 393. The number of rotatable bonds is 2. The van der Waals surface area contributed by atoms with Crippen molar-refractivity contribution < 1.29 is 4.79 Å². The normalized spacial score (nSPS) is 19.3. The molecule has 98 valence electrons. The quantitative estimate of drug-likeness (QED) is 0.843. The third kappa shape index (κ3) is 3.09. The molecule has 1 aromatic carbocycles. The van der Waals surface area contributed by atoms with E-state index in [4.69, 9.17) is 5.73 Å². The highest BCUT2D eigenvalue weighted by molar-refractivity contribution is 5.83. The Balaban J connectivity index is 2.02. The van der Waals surface area contributed by atoms with Gasteiger partial charge in [0.05, 0.1) is 0 Å². The molecule has 1 saturated heterocycles. The van der Waals surface area contributed by atoms with Gasteiger partial charge in [-0.15, -0.1) is 0 Å². The summed E-state index contributed by atoms with van der Waals surface area (Å²) in [4.78, 5) is 16.5. The maximum Gasteiger partial charge on any atom is 0.244 e. The second kappa shape index (κ2) is 5.98. The smallest absolute Gasteiger partial charge is 0.244 e. The van der Waals surface area contributed by atoms with Crippen molar-refractivity contribution in [3.63, 3.8) is 0 Å². The van der Waals surface area contributed by atoms with Gasteiger partial charge in [-0.1, -0.05) is 30.3 Å². The van der Waals surface area contributed by atoms with E-state index in [-0.39, 0.29) is 5.91 Å². The fourth-order valence-electron chi connectivity index (χ4n) is 2.27. The first-order valence-corrected chi connectivity index (χ1v) is 6.46. The summed E-state index contributed by atoms with van der Waals surface area (Å²) in [7, 11) is 2.09. The first-order valence-electron chi connectivity index (χ1n) is 6.46. The van der Waals surface area contributed by atoms with Gasteiger partial charge >= 0.3 is 0 Å². The lowest BCUT2D eigenvalue weighted by Gasteiger charge is -2.24. The Morgan fingerprint density at radius 3 is 2.61 bits per heavy atom. The summed E-state index contributed by atoms with van der Waals surface area (Å²) in [6.45, 7) is 3.55. The number of benzene rings is 1. The number of carbonyl (C=O) groups is 1. The van der Waals surface area contributed by atoms with Crippen LogP contribution in [-0.4, -0.2) is 48.9 Å².